The fraction of sp³-hybridized carbons (Fsp3) is 0.429. The van der Waals surface area contributed by atoms with Crippen LogP contribution in [0.15, 0.2) is 18.2 Å². The SMILES string of the molecule is COC(=O)c1cc(O)cc(C(=O)N2CC[C@H](O)[C@H](O)C2)c1. The van der Waals surface area contributed by atoms with Crippen molar-refractivity contribution in [2.75, 3.05) is 20.2 Å². The summed E-state index contributed by atoms with van der Waals surface area (Å²) in [5, 5.41) is 28.7. The summed E-state index contributed by atoms with van der Waals surface area (Å²) in [6.45, 7) is 0.295. The number of phenolic OH excluding ortho intramolecular Hbond substituents is 1. The second-order valence-electron chi connectivity index (χ2n) is 4.93. The molecule has 2 rings (SSSR count). The molecule has 1 aromatic carbocycles. The Morgan fingerprint density at radius 1 is 1.19 bits per heavy atom. The molecule has 7 heteroatoms. The summed E-state index contributed by atoms with van der Waals surface area (Å²) in [5.74, 6) is -1.31. The molecule has 1 fully saturated rings. The van der Waals surface area contributed by atoms with Crippen LogP contribution >= 0.6 is 0 Å². The largest absolute Gasteiger partial charge is 0.508 e. The minimum atomic E-state index is -1.000. The topological polar surface area (TPSA) is 107 Å². The quantitative estimate of drug-likeness (QED) is 0.649. The number of aliphatic hydroxyl groups excluding tert-OH is 2. The molecule has 1 aliphatic heterocycles. The van der Waals surface area contributed by atoms with Gasteiger partial charge in [-0.1, -0.05) is 0 Å². The molecule has 0 aliphatic carbocycles. The minimum absolute atomic E-state index is 0.00319. The number of carbonyl (C=O) groups is 2. The molecule has 21 heavy (non-hydrogen) atoms. The number of likely N-dealkylation sites (tertiary alicyclic amines) is 1. The standard InChI is InChI=1S/C14H17NO6/c1-21-14(20)9-4-8(5-10(16)6-9)13(19)15-3-2-11(17)12(18)7-15/h4-6,11-12,16-18H,2-3,7H2,1H3/t11-,12+/m0/s1. The number of benzene rings is 1. The first-order valence-electron chi connectivity index (χ1n) is 6.50. The molecule has 0 spiro atoms. The van der Waals surface area contributed by atoms with Crippen molar-refractivity contribution in [2.45, 2.75) is 18.6 Å². The molecule has 0 unspecified atom stereocenters. The molecular formula is C14H17NO6. The molecular weight excluding hydrogens is 278 g/mol. The van der Waals surface area contributed by atoms with Gasteiger partial charge in [-0.25, -0.2) is 4.79 Å². The third kappa shape index (κ3) is 3.32. The Hall–Kier alpha value is -2.12. The van der Waals surface area contributed by atoms with Gasteiger partial charge in [-0.3, -0.25) is 4.79 Å². The number of aliphatic hydroxyl groups is 2. The Kier molecular flexibility index (Phi) is 4.44. The first-order valence-corrected chi connectivity index (χ1v) is 6.50. The third-order valence-electron chi connectivity index (χ3n) is 3.42. The molecule has 0 bridgehead atoms. The number of amides is 1. The average molecular weight is 295 g/mol. The van der Waals surface area contributed by atoms with Crippen LogP contribution in [0.1, 0.15) is 27.1 Å². The first-order chi connectivity index (χ1) is 9.92. The molecule has 7 nitrogen and oxygen atoms in total. The predicted octanol–water partition coefficient (Wildman–Crippen LogP) is -0.254. The van der Waals surface area contributed by atoms with Crippen LogP contribution in [0.3, 0.4) is 0 Å². The zero-order valence-corrected chi connectivity index (χ0v) is 11.5. The van der Waals surface area contributed by atoms with Crippen molar-refractivity contribution in [3.8, 4) is 5.75 Å². The fourth-order valence-electron chi connectivity index (χ4n) is 2.26. The number of aromatic hydroxyl groups is 1. The van der Waals surface area contributed by atoms with E-state index in [1.165, 1.54) is 30.2 Å². The van der Waals surface area contributed by atoms with Crippen LogP contribution in [0.5, 0.6) is 5.75 Å². The molecule has 1 aromatic rings. The lowest BCUT2D eigenvalue weighted by atomic mass is 10.0. The van der Waals surface area contributed by atoms with Crippen molar-refractivity contribution < 1.29 is 29.6 Å². The molecule has 1 heterocycles. The highest BCUT2D eigenvalue weighted by Crippen LogP contribution is 2.20. The molecule has 0 radical (unpaired) electrons. The summed E-state index contributed by atoms with van der Waals surface area (Å²) in [6.07, 6.45) is -1.57. The van der Waals surface area contributed by atoms with Gasteiger partial charge in [-0.2, -0.15) is 0 Å². The van der Waals surface area contributed by atoms with E-state index >= 15 is 0 Å². The molecule has 114 valence electrons. The maximum Gasteiger partial charge on any atom is 0.338 e. The molecule has 2 atom stereocenters. The maximum atomic E-state index is 12.3. The van der Waals surface area contributed by atoms with Gasteiger partial charge in [0.2, 0.25) is 0 Å². The molecule has 3 N–H and O–H groups in total. The van der Waals surface area contributed by atoms with E-state index in [0.717, 1.165) is 0 Å². The van der Waals surface area contributed by atoms with Gasteiger partial charge in [0.05, 0.1) is 24.9 Å². The van der Waals surface area contributed by atoms with Gasteiger partial charge < -0.3 is 25.0 Å². The van der Waals surface area contributed by atoms with Crippen LogP contribution in [0.2, 0.25) is 0 Å². The number of phenols is 1. The highest BCUT2D eigenvalue weighted by atomic mass is 16.5. The Labute approximate surface area is 121 Å². The average Bonchev–Trinajstić information content (AvgIpc) is 2.47. The second-order valence-corrected chi connectivity index (χ2v) is 4.93. The normalized spacial score (nSPS) is 22.0. The summed E-state index contributed by atoms with van der Waals surface area (Å²) in [4.78, 5) is 25.2. The highest BCUT2D eigenvalue weighted by molar-refractivity contribution is 5.98. The number of hydrogen-bond acceptors (Lipinski definition) is 6. The van der Waals surface area contributed by atoms with Gasteiger partial charge >= 0.3 is 5.97 Å². The van der Waals surface area contributed by atoms with Crippen molar-refractivity contribution in [3.63, 3.8) is 0 Å². The summed E-state index contributed by atoms with van der Waals surface area (Å²) in [7, 11) is 1.20. The van der Waals surface area contributed by atoms with Crippen LogP contribution in [-0.2, 0) is 4.74 Å². The number of esters is 1. The number of β-amino-alcohol motifs (C(OH)–C–C–N with tert-alkyl or cyclic N) is 1. The second kappa shape index (κ2) is 6.11. The molecule has 0 aromatic heterocycles. The fourth-order valence-corrected chi connectivity index (χ4v) is 2.26. The van der Waals surface area contributed by atoms with Crippen LogP contribution in [0, 0.1) is 0 Å². The number of nitrogens with zero attached hydrogens (tertiary/aromatic N) is 1. The van der Waals surface area contributed by atoms with Gasteiger partial charge in [0.15, 0.2) is 0 Å². The zero-order valence-electron chi connectivity index (χ0n) is 11.5. The molecule has 1 saturated heterocycles. The van der Waals surface area contributed by atoms with E-state index in [-0.39, 0.29) is 29.8 Å². The maximum absolute atomic E-state index is 12.3. The van der Waals surface area contributed by atoms with Gasteiger partial charge in [0.25, 0.3) is 5.91 Å². The van der Waals surface area contributed by atoms with Gasteiger partial charge in [0, 0.05) is 18.7 Å². The Morgan fingerprint density at radius 3 is 2.48 bits per heavy atom. The van der Waals surface area contributed by atoms with Crippen LogP contribution < -0.4 is 0 Å². The van der Waals surface area contributed by atoms with Gasteiger partial charge in [-0.15, -0.1) is 0 Å². The van der Waals surface area contributed by atoms with Crippen molar-refractivity contribution >= 4 is 11.9 Å². The van der Waals surface area contributed by atoms with E-state index in [1.54, 1.807) is 0 Å². The van der Waals surface area contributed by atoms with E-state index in [0.29, 0.717) is 6.54 Å². The lowest BCUT2D eigenvalue weighted by Gasteiger charge is -2.33. The number of methoxy groups -OCH3 is 1. The predicted molar refractivity (Wildman–Crippen MR) is 72.0 cm³/mol. The Balaban J connectivity index is 2.23. The van der Waals surface area contributed by atoms with E-state index in [4.69, 9.17) is 0 Å². The van der Waals surface area contributed by atoms with Crippen molar-refractivity contribution in [1.29, 1.82) is 0 Å². The van der Waals surface area contributed by atoms with Crippen molar-refractivity contribution in [3.05, 3.63) is 29.3 Å². The van der Waals surface area contributed by atoms with E-state index < -0.39 is 24.1 Å². The molecule has 1 amide bonds. The summed E-state index contributed by atoms with van der Waals surface area (Å²) < 4.78 is 4.55. The van der Waals surface area contributed by atoms with E-state index in [1.807, 2.05) is 0 Å². The Morgan fingerprint density at radius 2 is 1.86 bits per heavy atom. The number of piperidine rings is 1. The smallest absolute Gasteiger partial charge is 0.338 e. The monoisotopic (exact) mass is 295 g/mol. The van der Waals surface area contributed by atoms with Gasteiger partial charge in [-0.05, 0) is 24.6 Å². The molecule has 0 saturated carbocycles. The summed E-state index contributed by atoms with van der Waals surface area (Å²) in [5.41, 5.74) is 0.192. The van der Waals surface area contributed by atoms with Crippen molar-refractivity contribution in [2.24, 2.45) is 0 Å². The number of rotatable bonds is 2. The lowest BCUT2D eigenvalue weighted by molar-refractivity contribution is -0.0321. The third-order valence-corrected chi connectivity index (χ3v) is 3.42. The van der Waals surface area contributed by atoms with Crippen LogP contribution in [0.4, 0.5) is 0 Å². The van der Waals surface area contributed by atoms with Crippen LogP contribution in [-0.4, -0.2) is 64.5 Å². The molecule has 1 aliphatic rings. The number of carbonyl (C=O) groups excluding carboxylic acids is 2. The first kappa shape index (κ1) is 15.3. The highest BCUT2D eigenvalue weighted by Gasteiger charge is 2.29. The van der Waals surface area contributed by atoms with Crippen molar-refractivity contribution in [1.82, 2.24) is 4.90 Å². The van der Waals surface area contributed by atoms with E-state index in [9.17, 15) is 24.9 Å². The number of hydrogen-bond donors (Lipinski definition) is 3. The lowest BCUT2D eigenvalue weighted by Crippen LogP contribution is -2.48. The summed E-state index contributed by atoms with van der Waals surface area (Å²) in [6, 6.07) is 3.77. The summed E-state index contributed by atoms with van der Waals surface area (Å²) >= 11 is 0. The number of ether oxygens (including phenoxy) is 1. The van der Waals surface area contributed by atoms with Crippen LogP contribution in [0.25, 0.3) is 0 Å². The zero-order chi connectivity index (χ0) is 15.6. The van der Waals surface area contributed by atoms with E-state index in [2.05, 4.69) is 4.74 Å². The van der Waals surface area contributed by atoms with Gasteiger partial charge in [0.1, 0.15) is 5.75 Å². The minimum Gasteiger partial charge on any atom is -0.508 e. The Bertz CT molecular complexity index is 558.